The highest BCUT2D eigenvalue weighted by Crippen LogP contribution is 2.47. The van der Waals surface area contributed by atoms with E-state index in [4.69, 9.17) is 0 Å². The number of fused-ring (bicyclic) bond motifs is 2. The van der Waals surface area contributed by atoms with Crippen LogP contribution in [-0.2, 0) is 5.60 Å². The lowest BCUT2D eigenvalue weighted by atomic mass is 9.72. The molecule has 1 N–H and O–H groups in total. The molecule has 2 aromatic heterocycles. The van der Waals surface area contributed by atoms with Gasteiger partial charge in [-0.25, -0.2) is 0 Å². The molecule has 0 spiro atoms. The minimum Gasteiger partial charge on any atom is -1.00 e. The van der Waals surface area contributed by atoms with Crippen molar-refractivity contribution in [2.75, 3.05) is 14.1 Å². The molecule has 0 aromatic carbocycles. The molecule has 4 rings (SSSR count). The van der Waals surface area contributed by atoms with Crippen molar-refractivity contribution in [2.24, 2.45) is 5.92 Å². The molecule has 2 nitrogen and oxygen atoms in total. The van der Waals surface area contributed by atoms with Crippen LogP contribution in [0.3, 0.4) is 0 Å². The zero-order chi connectivity index (χ0) is 16.8. The van der Waals surface area contributed by atoms with E-state index in [1.165, 1.54) is 36.6 Å². The summed E-state index contributed by atoms with van der Waals surface area (Å²) in [6.07, 6.45) is 7.52. The Bertz CT molecular complexity index is 618. The second-order valence-electron chi connectivity index (χ2n) is 8.22. The van der Waals surface area contributed by atoms with Crippen LogP contribution in [0, 0.1) is 5.92 Å². The molecule has 2 aliphatic heterocycles. The number of hydrogen-bond acceptors (Lipinski definition) is 3. The van der Waals surface area contributed by atoms with Gasteiger partial charge in [0.15, 0.2) is 0 Å². The largest absolute Gasteiger partial charge is 1.00 e. The standard InChI is InChI=1S/C20H28NOS2.BrH/c1-21(2)16-6-3-7-17(21)13-15(12-16)14-20(22,18-8-4-10-23-18)19-9-5-11-24-19;/h4-5,8-11,15-17,22H,3,6-7,12-14H2,1-2H3;1H/q+1;/p-1/t15?,16-,17+;. The number of quaternary nitrogens is 1. The van der Waals surface area contributed by atoms with Crippen molar-refractivity contribution in [3.8, 4) is 0 Å². The Labute approximate surface area is 169 Å². The van der Waals surface area contributed by atoms with E-state index in [1.54, 1.807) is 22.7 Å². The van der Waals surface area contributed by atoms with Gasteiger partial charge in [-0.15, -0.1) is 22.7 Å². The number of nitrogens with zero attached hydrogens (tertiary/aromatic N) is 1. The van der Waals surface area contributed by atoms with Crippen LogP contribution in [0.15, 0.2) is 35.0 Å². The van der Waals surface area contributed by atoms with Crippen LogP contribution in [0.1, 0.15) is 48.3 Å². The van der Waals surface area contributed by atoms with Crippen LogP contribution in [-0.4, -0.2) is 35.8 Å². The van der Waals surface area contributed by atoms with Crippen molar-refractivity contribution >= 4 is 22.7 Å². The zero-order valence-corrected chi connectivity index (χ0v) is 18.2. The molecule has 5 heteroatoms. The molecule has 2 aromatic rings. The fourth-order valence-corrected chi connectivity index (χ4v) is 6.90. The van der Waals surface area contributed by atoms with Crippen molar-refractivity contribution < 1.29 is 26.6 Å². The zero-order valence-electron chi connectivity index (χ0n) is 15.0. The Morgan fingerprint density at radius 3 is 2.00 bits per heavy atom. The highest BCUT2D eigenvalue weighted by molar-refractivity contribution is 7.11. The van der Waals surface area contributed by atoms with Gasteiger partial charge in [0, 0.05) is 22.6 Å². The molecule has 3 atom stereocenters. The van der Waals surface area contributed by atoms with E-state index in [0.717, 1.165) is 28.3 Å². The fraction of sp³-hybridized carbons (Fsp3) is 0.600. The van der Waals surface area contributed by atoms with E-state index in [9.17, 15) is 5.11 Å². The summed E-state index contributed by atoms with van der Waals surface area (Å²) < 4.78 is 1.20. The van der Waals surface area contributed by atoms with E-state index in [0.29, 0.717) is 5.92 Å². The van der Waals surface area contributed by atoms with Crippen molar-refractivity contribution in [3.05, 3.63) is 44.8 Å². The Balaban J connectivity index is 0.00000182. The Hall–Kier alpha value is -0.200. The van der Waals surface area contributed by atoms with E-state index < -0.39 is 5.60 Å². The first-order chi connectivity index (χ1) is 11.5. The molecule has 4 heterocycles. The molecule has 2 fully saturated rings. The van der Waals surface area contributed by atoms with Gasteiger partial charge in [0.05, 0.1) is 26.2 Å². The highest BCUT2D eigenvalue weighted by Gasteiger charge is 2.48. The molecule has 0 saturated carbocycles. The number of piperidine rings is 2. The average Bonchev–Trinajstić information content (AvgIpc) is 3.22. The van der Waals surface area contributed by atoms with Gasteiger partial charge in [-0.05, 0) is 54.5 Å². The highest BCUT2D eigenvalue weighted by atomic mass is 79.9. The van der Waals surface area contributed by atoms with Gasteiger partial charge >= 0.3 is 0 Å². The Morgan fingerprint density at radius 1 is 1.04 bits per heavy atom. The lowest BCUT2D eigenvalue weighted by Gasteiger charge is -2.54. The predicted molar refractivity (Wildman–Crippen MR) is 103 cm³/mol. The van der Waals surface area contributed by atoms with Gasteiger partial charge < -0.3 is 26.6 Å². The SMILES string of the molecule is C[N+]1(C)[C@@H]2CCC[C@H]1CC(CC(O)(c1cccs1)c1cccs1)C2.[Br-]. The number of thiophene rings is 2. The van der Waals surface area contributed by atoms with Crippen LogP contribution >= 0.6 is 22.7 Å². The van der Waals surface area contributed by atoms with Crippen molar-refractivity contribution in [1.29, 1.82) is 0 Å². The number of aliphatic hydroxyl groups is 1. The van der Waals surface area contributed by atoms with Crippen molar-refractivity contribution in [1.82, 2.24) is 0 Å². The second-order valence-corrected chi connectivity index (χ2v) is 10.1. The molecule has 25 heavy (non-hydrogen) atoms. The summed E-state index contributed by atoms with van der Waals surface area (Å²) in [5.41, 5.74) is -0.796. The Kier molecular flexibility index (Phi) is 5.81. The van der Waals surface area contributed by atoms with Crippen LogP contribution < -0.4 is 17.0 Å². The van der Waals surface area contributed by atoms with Gasteiger partial charge in [-0.3, -0.25) is 0 Å². The van der Waals surface area contributed by atoms with E-state index >= 15 is 0 Å². The summed E-state index contributed by atoms with van der Waals surface area (Å²) in [5, 5.41) is 15.9. The maximum Gasteiger partial charge on any atom is 0.133 e. The lowest BCUT2D eigenvalue weighted by molar-refractivity contribution is -0.950. The summed E-state index contributed by atoms with van der Waals surface area (Å²) >= 11 is 3.38. The third-order valence-corrected chi connectivity index (χ3v) is 8.65. The summed E-state index contributed by atoms with van der Waals surface area (Å²) in [5.74, 6) is 0.626. The molecule has 0 aliphatic carbocycles. The molecule has 2 aliphatic rings. The fourth-order valence-electron chi connectivity index (χ4n) is 5.13. The lowest BCUT2D eigenvalue weighted by Crippen LogP contribution is -3.00. The van der Waals surface area contributed by atoms with E-state index in [-0.39, 0.29) is 17.0 Å². The monoisotopic (exact) mass is 441 g/mol. The number of hydrogen-bond donors (Lipinski definition) is 1. The summed E-state index contributed by atoms with van der Waals surface area (Å²) in [6.45, 7) is 0. The van der Waals surface area contributed by atoms with Gasteiger partial charge in [-0.2, -0.15) is 0 Å². The third-order valence-electron chi connectivity index (χ3n) is 6.61. The first-order valence-corrected chi connectivity index (χ1v) is 10.9. The quantitative estimate of drug-likeness (QED) is 0.717. The van der Waals surface area contributed by atoms with Crippen molar-refractivity contribution in [3.63, 3.8) is 0 Å². The van der Waals surface area contributed by atoms with Crippen LogP contribution in [0.4, 0.5) is 0 Å². The number of rotatable bonds is 4. The summed E-state index contributed by atoms with van der Waals surface area (Å²) in [7, 11) is 4.85. The third kappa shape index (κ3) is 3.51. The van der Waals surface area contributed by atoms with E-state index in [1.807, 2.05) is 0 Å². The van der Waals surface area contributed by atoms with Crippen molar-refractivity contribution in [2.45, 2.75) is 56.2 Å². The predicted octanol–water partition coefficient (Wildman–Crippen LogP) is 1.85. The summed E-state index contributed by atoms with van der Waals surface area (Å²) in [6, 6.07) is 9.89. The second kappa shape index (κ2) is 7.43. The molecular weight excluding hydrogens is 414 g/mol. The van der Waals surface area contributed by atoms with E-state index in [2.05, 4.69) is 49.1 Å². The van der Waals surface area contributed by atoms with Crippen LogP contribution in [0.25, 0.3) is 0 Å². The van der Waals surface area contributed by atoms with Gasteiger partial charge in [0.2, 0.25) is 0 Å². The average molecular weight is 442 g/mol. The smallest absolute Gasteiger partial charge is 0.133 e. The maximum absolute atomic E-state index is 11.7. The topological polar surface area (TPSA) is 20.2 Å². The minimum atomic E-state index is -0.796. The molecular formula is C20H28BrNOS2. The van der Waals surface area contributed by atoms with Crippen LogP contribution in [0.2, 0.25) is 0 Å². The number of halogens is 1. The molecule has 0 amide bonds. The normalized spacial score (nSPS) is 28.4. The van der Waals surface area contributed by atoms with Gasteiger partial charge in [0.1, 0.15) is 5.60 Å². The summed E-state index contributed by atoms with van der Waals surface area (Å²) in [4.78, 5) is 2.21. The van der Waals surface area contributed by atoms with Gasteiger partial charge in [0.25, 0.3) is 0 Å². The van der Waals surface area contributed by atoms with Gasteiger partial charge in [-0.1, -0.05) is 12.1 Å². The molecule has 2 bridgehead atoms. The molecule has 138 valence electrons. The van der Waals surface area contributed by atoms with Crippen LogP contribution in [0.5, 0.6) is 0 Å². The minimum absolute atomic E-state index is 0. The molecule has 1 unspecified atom stereocenters. The first kappa shape index (κ1) is 19.6. The molecule has 0 radical (unpaired) electrons. The Morgan fingerprint density at radius 2 is 1.56 bits per heavy atom. The maximum atomic E-state index is 11.7. The first-order valence-electron chi connectivity index (χ1n) is 9.14. The molecule has 2 saturated heterocycles.